The molecule has 8 heteroatoms. The molecule has 1 unspecified atom stereocenters. The van der Waals surface area contributed by atoms with Crippen LogP contribution in [0.2, 0.25) is 5.02 Å². The summed E-state index contributed by atoms with van der Waals surface area (Å²) in [6.45, 7) is 0.0834. The molecule has 0 radical (unpaired) electrons. The number of aromatic carboxylic acids is 1. The van der Waals surface area contributed by atoms with Gasteiger partial charge in [-0.1, -0.05) is 35.9 Å². The van der Waals surface area contributed by atoms with Gasteiger partial charge in [-0.25, -0.2) is 9.18 Å². The van der Waals surface area contributed by atoms with E-state index in [2.05, 4.69) is 5.32 Å². The summed E-state index contributed by atoms with van der Waals surface area (Å²) in [7, 11) is 0. The lowest BCUT2D eigenvalue weighted by atomic mass is 10.0. The van der Waals surface area contributed by atoms with Crippen LogP contribution in [0.3, 0.4) is 0 Å². The molecule has 1 atom stereocenters. The zero-order valence-electron chi connectivity index (χ0n) is 16.7. The van der Waals surface area contributed by atoms with Gasteiger partial charge in [-0.15, -0.1) is 0 Å². The van der Waals surface area contributed by atoms with E-state index in [1.807, 2.05) is 0 Å². The Morgan fingerprint density at radius 1 is 1.00 bits per heavy atom. The molecule has 1 heterocycles. The zero-order chi connectivity index (χ0) is 22.8. The number of carbonyl (C=O) groups excluding carboxylic acids is 2. The van der Waals surface area contributed by atoms with Crippen LogP contribution in [0.1, 0.15) is 31.8 Å². The Hall–Kier alpha value is -3.71. The number of nitrogens with zero attached hydrogens (tertiary/aromatic N) is 1. The van der Waals surface area contributed by atoms with Crippen molar-refractivity contribution in [3.05, 3.63) is 99.8 Å². The van der Waals surface area contributed by atoms with Gasteiger partial charge < -0.3 is 15.3 Å². The van der Waals surface area contributed by atoms with Gasteiger partial charge in [-0.2, -0.15) is 0 Å². The van der Waals surface area contributed by atoms with Gasteiger partial charge >= 0.3 is 5.97 Å². The van der Waals surface area contributed by atoms with Gasteiger partial charge in [0.05, 0.1) is 16.8 Å². The van der Waals surface area contributed by atoms with E-state index in [4.69, 9.17) is 16.7 Å². The molecule has 0 saturated carbocycles. The summed E-state index contributed by atoms with van der Waals surface area (Å²) >= 11 is 6.05. The van der Waals surface area contributed by atoms with Crippen LogP contribution < -0.4 is 5.32 Å². The molecule has 0 saturated heterocycles. The molecule has 162 valence electrons. The highest BCUT2D eigenvalue weighted by molar-refractivity contribution is 6.31. The second-order valence-corrected chi connectivity index (χ2v) is 7.90. The zero-order valence-corrected chi connectivity index (χ0v) is 17.5. The van der Waals surface area contributed by atoms with Crippen molar-refractivity contribution >= 4 is 35.1 Å². The van der Waals surface area contributed by atoms with Crippen LogP contribution in [-0.4, -0.2) is 33.8 Å². The number of carbonyl (C=O) groups is 3. The van der Waals surface area contributed by atoms with Gasteiger partial charge in [0.1, 0.15) is 11.9 Å². The summed E-state index contributed by atoms with van der Waals surface area (Å²) in [5, 5.41) is 12.3. The number of anilines is 1. The van der Waals surface area contributed by atoms with E-state index in [0.29, 0.717) is 27.4 Å². The number of fused-ring (bicyclic) bond motifs is 1. The minimum atomic E-state index is -1.05. The van der Waals surface area contributed by atoms with Crippen molar-refractivity contribution in [1.29, 1.82) is 0 Å². The highest BCUT2D eigenvalue weighted by atomic mass is 35.5. The van der Waals surface area contributed by atoms with E-state index in [1.165, 1.54) is 35.2 Å². The lowest BCUT2D eigenvalue weighted by Crippen LogP contribution is -2.46. The maximum absolute atomic E-state index is 13.5. The molecular weight excluding hydrogens is 435 g/mol. The number of rotatable bonds is 5. The molecule has 4 rings (SSSR count). The summed E-state index contributed by atoms with van der Waals surface area (Å²) < 4.78 is 13.3. The normalized spacial score (nSPS) is 15.7. The van der Waals surface area contributed by atoms with Crippen LogP contribution in [0, 0.1) is 5.82 Å². The number of halogens is 2. The third-order valence-corrected chi connectivity index (χ3v) is 5.54. The maximum atomic E-state index is 13.5. The second kappa shape index (κ2) is 8.80. The van der Waals surface area contributed by atoms with Crippen LogP contribution in [0.4, 0.5) is 10.1 Å². The van der Waals surface area contributed by atoms with Crippen molar-refractivity contribution in [3.63, 3.8) is 0 Å². The smallest absolute Gasteiger partial charge is 0.335 e. The van der Waals surface area contributed by atoms with Crippen molar-refractivity contribution in [2.75, 3.05) is 5.32 Å². The highest BCUT2D eigenvalue weighted by Gasteiger charge is 2.35. The van der Waals surface area contributed by atoms with Crippen LogP contribution >= 0.6 is 11.6 Å². The molecule has 3 aromatic carbocycles. The molecule has 1 aliphatic heterocycles. The topological polar surface area (TPSA) is 86.7 Å². The quantitative estimate of drug-likeness (QED) is 0.601. The predicted octanol–water partition coefficient (Wildman–Crippen LogP) is 4.38. The molecule has 2 N–H and O–H groups in total. The summed E-state index contributed by atoms with van der Waals surface area (Å²) in [5.41, 5.74) is 2.09. The lowest BCUT2D eigenvalue weighted by Gasteiger charge is -2.29. The van der Waals surface area contributed by atoms with E-state index >= 15 is 0 Å². The van der Waals surface area contributed by atoms with E-state index < -0.39 is 23.7 Å². The summed E-state index contributed by atoms with van der Waals surface area (Å²) in [4.78, 5) is 39.2. The first-order valence-corrected chi connectivity index (χ1v) is 10.2. The Morgan fingerprint density at radius 2 is 1.66 bits per heavy atom. The lowest BCUT2D eigenvalue weighted by molar-refractivity contribution is -0.120. The largest absolute Gasteiger partial charge is 0.478 e. The second-order valence-electron chi connectivity index (χ2n) is 7.46. The minimum Gasteiger partial charge on any atom is -0.478 e. The van der Waals surface area contributed by atoms with Gasteiger partial charge in [0.2, 0.25) is 5.91 Å². The highest BCUT2D eigenvalue weighted by Crippen LogP contribution is 2.29. The van der Waals surface area contributed by atoms with Gasteiger partial charge in [-0.05, 0) is 53.6 Å². The van der Waals surface area contributed by atoms with E-state index in [9.17, 15) is 18.8 Å². The third kappa shape index (κ3) is 4.48. The van der Waals surface area contributed by atoms with E-state index in [-0.39, 0.29) is 24.4 Å². The number of carboxylic acid groups (broad SMARTS) is 1. The van der Waals surface area contributed by atoms with Crippen molar-refractivity contribution in [2.24, 2.45) is 0 Å². The Balaban J connectivity index is 1.72. The predicted molar refractivity (Wildman–Crippen MR) is 117 cm³/mol. The first kappa shape index (κ1) is 21.5. The molecule has 32 heavy (non-hydrogen) atoms. The SMILES string of the molecule is O=C(O)c1ccc(CN2C(=O)c3ccc(Cl)cc3NC(=O)C2Cc2ccc(F)cc2)cc1. The standard InChI is InChI=1S/C24H18ClFN2O4/c25-17-7-10-19-20(12-17)27-22(29)21(11-14-3-8-18(26)9-4-14)28(23(19)30)13-15-1-5-16(6-2-15)24(31)32/h1-10,12,21H,11,13H2,(H,27,29)(H,31,32). The Bertz CT molecular complexity index is 1200. The number of hydrogen-bond donors (Lipinski definition) is 2. The third-order valence-electron chi connectivity index (χ3n) is 5.31. The molecule has 0 fully saturated rings. The van der Waals surface area contributed by atoms with Gasteiger partial charge in [0, 0.05) is 18.0 Å². The first-order chi connectivity index (χ1) is 15.3. The van der Waals surface area contributed by atoms with Crippen LogP contribution in [0.5, 0.6) is 0 Å². The molecule has 6 nitrogen and oxygen atoms in total. The number of benzene rings is 3. The van der Waals surface area contributed by atoms with E-state index in [0.717, 1.165) is 0 Å². The molecular formula is C24H18ClFN2O4. The molecule has 2 amide bonds. The van der Waals surface area contributed by atoms with Crippen LogP contribution in [0.25, 0.3) is 0 Å². The number of carboxylic acids is 1. The van der Waals surface area contributed by atoms with Crippen molar-refractivity contribution in [2.45, 2.75) is 19.0 Å². The Kier molecular flexibility index (Phi) is 5.92. The van der Waals surface area contributed by atoms with Crippen molar-refractivity contribution < 1.29 is 23.9 Å². The molecule has 0 aliphatic carbocycles. The van der Waals surface area contributed by atoms with Crippen LogP contribution in [0.15, 0.2) is 66.7 Å². The van der Waals surface area contributed by atoms with Gasteiger partial charge in [0.25, 0.3) is 5.91 Å². The fourth-order valence-electron chi connectivity index (χ4n) is 3.64. The molecule has 0 spiro atoms. The van der Waals surface area contributed by atoms with Crippen LogP contribution in [-0.2, 0) is 17.8 Å². The molecule has 0 bridgehead atoms. The Labute approximate surface area is 188 Å². The first-order valence-electron chi connectivity index (χ1n) is 9.80. The summed E-state index contributed by atoms with van der Waals surface area (Å²) in [6.07, 6.45) is 0.173. The monoisotopic (exact) mass is 452 g/mol. The van der Waals surface area contributed by atoms with Crippen molar-refractivity contribution in [1.82, 2.24) is 4.90 Å². The van der Waals surface area contributed by atoms with Crippen molar-refractivity contribution in [3.8, 4) is 0 Å². The molecule has 0 aromatic heterocycles. The van der Waals surface area contributed by atoms with E-state index in [1.54, 1.807) is 36.4 Å². The summed E-state index contributed by atoms with van der Waals surface area (Å²) in [5.74, 6) is -2.22. The molecule has 1 aliphatic rings. The number of hydrogen-bond acceptors (Lipinski definition) is 3. The average Bonchev–Trinajstić information content (AvgIpc) is 2.85. The fourth-order valence-corrected chi connectivity index (χ4v) is 3.81. The van der Waals surface area contributed by atoms with Gasteiger partial charge in [-0.3, -0.25) is 9.59 Å². The van der Waals surface area contributed by atoms with Gasteiger partial charge in [0.15, 0.2) is 0 Å². The minimum absolute atomic E-state index is 0.0834. The maximum Gasteiger partial charge on any atom is 0.335 e. The fraction of sp³-hybridized carbons (Fsp3) is 0.125. The molecule has 3 aromatic rings. The average molecular weight is 453 g/mol. The Morgan fingerprint density at radius 3 is 2.31 bits per heavy atom. The number of nitrogens with one attached hydrogen (secondary N) is 1. The summed E-state index contributed by atoms with van der Waals surface area (Å²) in [6, 6.07) is 15.6. The number of amides is 2.